The molecule has 3 aliphatic rings. The second-order valence-corrected chi connectivity index (χ2v) is 8.56. The number of piperazine rings is 1. The third-order valence-electron chi connectivity index (χ3n) is 6.53. The molecule has 2 atom stereocenters. The van der Waals surface area contributed by atoms with E-state index in [1.54, 1.807) is 0 Å². The first-order valence-corrected chi connectivity index (χ1v) is 9.74. The van der Waals surface area contributed by atoms with Crippen LogP contribution in [0.2, 0.25) is 0 Å². The Bertz CT molecular complexity index is 352. The smallest absolute Gasteiger partial charge is 0.0577 e. The van der Waals surface area contributed by atoms with Gasteiger partial charge < -0.3 is 9.64 Å². The highest BCUT2D eigenvalue weighted by Gasteiger charge is 2.36. The van der Waals surface area contributed by atoms with Crippen LogP contribution in [0.25, 0.3) is 0 Å². The maximum Gasteiger partial charge on any atom is 0.0577 e. The molecule has 0 spiro atoms. The number of methoxy groups -OCH3 is 1. The normalized spacial score (nSPS) is 38.6. The molecule has 1 saturated carbocycles. The summed E-state index contributed by atoms with van der Waals surface area (Å²) in [7, 11) is 4.11. The quantitative estimate of drug-likeness (QED) is 0.771. The molecule has 3 fully saturated rings. The Morgan fingerprint density at radius 3 is 2.09 bits per heavy atom. The lowest BCUT2D eigenvalue weighted by Crippen LogP contribution is -2.59. The van der Waals surface area contributed by atoms with Crippen LogP contribution in [0.3, 0.4) is 0 Å². The molecule has 2 aliphatic heterocycles. The summed E-state index contributed by atoms with van der Waals surface area (Å²) in [4.78, 5) is 7.99. The fraction of sp³-hybridized carbons (Fsp3) is 1.00. The Hall–Kier alpha value is -0.160. The van der Waals surface area contributed by atoms with Crippen LogP contribution in [0.4, 0.5) is 0 Å². The van der Waals surface area contributed by atoms with E-state index in [-0.39, 0.29) is 0 Å². The molecule has 2 heterocycles. The van der Waals surface area contributed by atoms with Gasteiger partial charge in [0.2, 0.25) is 0 Å². The van der Waals surface area contributed by atoms with Crippen LogP contribution in [-0.2, 0) is 4.74 Å². The minimum atomic E-state index is 0.538. The molecule has 134 valence electrons. The topological polar surface area (TPSA) is 19.0 Å². The van der Waals surface area contributed by atoms with E-state index in [0.717, 1.165) is 11.8 Å². The summed E-state index contributed by atoms with van der Waals surface area (Å²) >= 11 is 0. The van der Waals surface area contributed by atoms with Crippen molar-refractivity contribution in [3.8, 4) is 0 Å². The maximum atomic E-state index is 5.44. The van der Waals surface area contributed by atoms with Gasteiger partial charge >= 0.3 is 0 Å². The predicted octanol–water partition coefficient (Wildman–Crippen LogP) is 2.15. The van der Waals surface area contributed by atoms with Crippen molar-refractivity contribution in [1.29, 1.82) is 0 Å². The lowest BCUT2D eigenvalue weighted by atomic mass is 9.81. The van der Waals surface area contributed by atoms with Crippen molar-refractivity contribution < 1.29 is 4.74 Å². The summed E-state index contributed by atoms with van der Waals surface area (Å²) < 4.78 is 5.44. The minimum Gasteiger partial charge on any atom is -0.381 e. The molecule has 0 aromatic rings. The Morgan fingerprint density at radius 2 is 1.52 bits per heavy atom. The molecule has 0 N–H and O–H groups in total. The third kappa shape index (κ3) is 4.47. The number of hydrogen-bond acceptors (Lipinski definition) is 4. The van der Waals surface area contributed by atoms with Gasteiger partial charge in [0.1, 0.15) is 0 Å². The van der Waals surface area contributed by atoms with Gasteiger partial charge in [-0.05, 0) is 71.5 Å². The predicted molar refractivity (Wildman–Crippen MR) is 95.8 cm³/mol. The van der Waals surface area contributed by atoms with Crippen molar-refractivity contribution in [2.45, 2.75) is 57.7 Å². The largest absolute Gasteiger partial charge is 0.381 e. The SMILES string of the molecule is COC1CC(CN2C(C)CN(CC3CCN(C)CC3)CC2C)C1. The zero-order chi connectivity index (χ0) is 16.4. The van der Waals surface area contributed by atoms with Crippen molar-refractivity contribution in [3.05, 3.63) is 0 Å². The van der Waals surface area contributed by atoms with Gasteiger partial charge in [0.05, 0.1) is 6.10 Å². The highest BCUT2D eigenvalue weighted by molar-refractivity contribution is 4.90. The first-order valence-electron chi connectivity index (χ1n) is 9.74. The van der Waals surface area contributed by atoms with Gasteiger partial charge in [-0.25, -0.2) is 0 Å². The Morgan fingerprint density at radius 1 is 0.913 bits per heavy atom. The van der Waals surface area contributed by atoms with Crippen molar-refractivity contribution >= 4 is 0 Å². The summed E-state index contributed by atoms with van der Waals surface area (Å²) in [6.07, 6.45) is 5.86. The number of rotatable bonds is 5. The third-order valence-corrected chi connectivity index (χ3v) is 6.53. The van der Waals surface area contributed by atoms with Gasteiger partial charge in [0.15, 0.2) is 0 Å². The van der Waals surface area contributed by atoms with E-state index >= 15 is 0 Å². The molecule has 0 radical (unpaired) electrons. The molecule has 0 aromatic heterocycles. The van der Waals surface area contributed by atoms with E-state index in [9.17, 15) is 0 Å². The van der Waals surface area contributed by atoms with Gasteiger partial charge in [-0.3, -0.25) is 9.80 Å². The summed E-state index contributed by atoms with van der Waals surface area (Å²) in [5, 5.41) is 0. The van der Waals surface area contributed by atoms with E-state index < -0.39 is 0 Å². The molecular formula is C19H37N3O. The molecule has 4 nitrogen and oxygen atoms in total. The lowest BCUT2D eigenvalue weighted by molar-refractivity contribution is -0.0389. The first kappa shape index (κ1) is 17.7. The van der Waals surface area contributed by atoms with Gasteiger partial charge in [-0.2, -0.15) is 0 Å². The molecular weight excluding hydrogens is 286 g/mol. The van der Waals surface area contributed by atoms with E-state index in [4.69, 9.17) is 4.74 Å². The van der Waals surface area contributed by atoms with E-state index in [2.05, 4.69) is 35.6 Å². The van der Waals surface area contributed by atoms with Crippen molar-refractivity contribution in [3.63, 3.8) is 0 Å². The van der Waals surface area contributed by atoms with Crippen LogP contribution in [-0.4, -0.2) is 86.3 Å². The highest BCUT2D eigenvalue weighted by atomic mass is 16.5. The summed E-state index contributed by atoms with van der Waals surface area (Å²) in [5.74, 6) is 1.79. The molecule has 2 saturated heterocycles. The van der Waals surface area contributed by atoms with E-state index in [0.29, 0.717) is 18.2 Å². The average molecular weight is 324 g/mol. The van der Waals surface area contributed by atoms with Gasteiger partial charge in [-0.15, -0.1) is 0 Å². The Labute approximate surface area is 143 Å². The Kier molecular flexibility index (Phi) is 6.00. The van der Waals surface area contributed by atoms with Crippen LogP contribution in [0.15, 0.2) is 0 Å². The minimum absolute atomic E-state index is 0.538. The first-order chi connectivity index (χ1) is 11.0. The number of nitrogens with zero attached hydrogens (tertiary/aromatic N) is 3. The zero-order valence-corrected chi connectivity index (χ0v) is 15.7. The van der Waals surface area contributed by atoms with E-state index in [1.807, 2.05) is 7.11 Å². The van der Waals surface area contributed by atoms with Crippen molar-refractivity contribution in [2.24, 2.45) is 11.8 Å². The second kappa shape index (κ2) is 7.81. The summed E-state index contributed by atoms with van der Waals surface area (Å²) in [5.41, 5.74) is 0. The molecule has 4 heteroatoms. The molecule has 1 aliphatic carbocycles. The van der Waals surface area contributed by atoms with E-state index in [1.165, 1.54) is 65.0 Å². The summed E-state index contributed by atoms with van der Waals surface area (Å²) in [6, 6.07) is 1.40. The standard InChI is InChI=1S/C19H37N3O/c1-15-11-21(13-17-5-7-20(3)8-6-17)12-16(2)22(15)14-18-9-19(10-18)23-4/h15-19H,5-14H2,1-4H3. The molecule has 0 amide bonds. The molecule has 0 aromatic carbocycles. The van der Waals surface area contributed by atoms with Crippen LogP contribution in [0, 0.1) is 11.8 Å². The number of piperidine rings is 1. The monoisotopic (exact) mass is 323 g/mol. The van der Waals surface area contributed by atoms with Crippen LogP contribution in [0.1, 0.15) is 39.5 Å². The molecule has 3 rings (SSSR count). The lowest BCUT2D eigenvalue weighted by Gasteiger charge is -2.48. The fourth-order valence-corrected chi connectivity index (χ4v) is 4.90. The summed E-state index contributed by atoms with van der Waals surface area (Å²) in [6.45, 7) is 12.6. The van der Waals surface area contributed by atoms with Crippen LogP contribution < -0.4 is 0 Å². The molecule has 2 unspecified atom stereocenters. The molecule has 0 bridgehead atoms. The second-order valence-electron chi connectivity index (χ2n) is 8.56. The van der Waals surface area contributed by atoms with Crippen LogP contribution in [0.5, 0.6) is 0 Å². The highest BCUT2D eigenvalue weighted by Crippen LogP contribution is 2.32. The molecule has 23 heavy (non-hydrogen) atoms. The van der Waals surface area contributed by atoms with Crippen molar-refractivity contribution in [1.82, 2.24) is 14.7 Å². The fourth-order valence-electron chi connectivity index (χ4n) is 4.90. The van der Waals surface area contributed by atoms with Gasteiger partial charge in [-0.1, -0.05) is 0 Å². The Balaban J connectivity index is 1.43. The zero-order valence-electron chi connectivity index (χ0n) is 15.7. The van der Waals surface area contributed by atoms with Crippen LogP contribution >= 0.6 is 0 Å². The number of likely N-dealkylation sites (tertiary alicyclic amines) is 1. The number of ether oxygens (including phenoxy) is 1. The van der Waals surface area contributed by atoms with Gasteiger partial charge in [0, 0.05) is 45.4 Å². The average Bonchev–Trinajstić information content (AvgIpc) is 2.47. The maximum absolute atomic E-state index is 5.44. The number of hydrogen-bond donors (Lipinski definition) is 0. The van der Waals surface area contributed by atoms with Gasteiger partial charge in [0.25, 0.3) is 0 Å². The van der Waals surface area contributed by atoms with Crippen molar-refractivity contribution in [2.75, 3.05) is 53.4 Å².